The third-order valence-electron chi connectivity index (χ3n) is 7.53. The van der Waals surface area contributed by atoms with Gasteiger partial charge < -0.3 is 14.2 Å². The molecule has 1 unspecified atom stereocenters. The molecule has 148 valence electrons. The first-order chi connectivity index (χ1) is 14.2. The molecule has 0 saturated heterocycles. The predicted octanol–water partition coefficient (Wildman–Crippen LogP) is 4.81. The van der Waals surface area contributed by atoms with Crippen LogP contribution in [0.5, 0.6) is 11.5 Å². The minimum Gasteiger partial charge on any atom is -0.493 e. The number of carbonyl (C=O) groups is 1. The molecular formula is C25H24O4. The predicted molar refractivity (Wildman–Crippen MR) is 108 cm³/mol. The minimum atomic E-state index is -0.318. The van der Waals surface area contributed by atoms with Crippen LogP contribution in [-0.4, -0.2) is 19.2 Å². The first-order valence-corrected chi connectivity index (χ1v) is 10.6. The lowest BCUT2D eigenvalue weighted by molar-refractivity contribution is -0.00133. The minimum absolute atomic E-state index is 0.0958. The summed E-state index contributed by atoms with van der Waals surface area (Å²) in [5, 5.41) is 0. The molecule has 2 aromatic rings. The number of carbonyl (C=O) groups excluding carboxylic acids is 1. The average molecular weight is 388 g/mol. The number of rotatable bonds is 3. The van der Waals surface area contributed by atoms with E-state index in [2.05, 4.69) is 12.1 Å². The van der Waals surface area contributed by atoms with Gasteiger partial charge in [0.2, 0.25) is 0 Å². The molecule has 29 heavy (non-hydrogen) atoms. The highest BCUT2D eigenvalue weighted by molar-refractivity contribution is 5.90. The first kappa shape index (κ1) is 17.1. The van der Waals surface area contributed by atoms with Crippen LogP contribution in [0.15, 0.2) is 54.3 Å². The number of benzene rings is 2. The van der Waals surface area contributed by atoms with Crippen molar-refractivity contribution in [3.63, 3.8) is 0 Å². The van der Waals surface area contributed by atoms with Gasteiger partial charge in [0, 0.05) is 11.0 Å². The summed E-state index contributed by atoms with van der Waals surface area (Å²) in [6, 6.07) is 13.4. The monoisotopic (exact) mass is 388 g/mol. The van der Waals surface area contributed by atoms with Crippen molar-refractivity contribution in [1.29, 1.82) is 0 Å². The molecule has 3 aliphatic carbocycles. The second-order valence-electron chi connectivity index (χ2n) is 8.73. The molecule has 1 saturated carbocycles. The second-order valence-corrected chi connectivity index (χ2v) is 8.73. The molecule has 1 fully saturated rings. The maximum Gasteiger partial charge on any atom is 0.343 e. The van der Waals surface area contributed by atoms with E-state index >= 15 is 0 Å². The van der Waals surface area contributed by atoms with Gasteiger partial charge in [-0.3, -0.25) is 0 Å². The Morgan fingerprint density at radius 2 is 2.03 bits per heavy atom. The number of hydrogen-bond acceptors (Lipinski definition) is 4. The molecular weight excluding hydrogens is 364 g/mol. The number of allylic oxidation sites excluding steroid dienone is 1. The lowest BCUT2D eigenvalue weighted by Crippen LogP contribution is -2.55. The zero-order valence-corrected chi connectivity index (χ0v) is 16.5. The summed E-state index contributed by atoms with van der Waals surface area (Å²) in [4.78, 5) is 12.8. The molecule has 4 heteroatoms. The molecule has 2 bridgehead atoms. The Bertz CT molecular complexity index is 1020. The summed E-state index contributed by atoms with van der Waals surface area (Å²) >= 11 is 0. The molecule has 0 amide bonds. The van der Waals surface area contributed by atoms with Crippen LogP contribution in [-0.2, 0) is 16.6 Å². The average Bonchev–Trinajstić information content (AvgIpc) is 3.09. The van der Waals surface area contributed by atoms with Crippen molar-refractivity contribution in [2.45, 2.75) is 43.6 Å². The summed E-state index contributed by atoms with van der Waals surface area (Å²) in [5.74, 6) is 3.21. The fourth-order valence-electron chi connectivity index (χ4n) is 6.44. The lowest BCUT2D eigenvalue weighted by atomic mass is 9.49. The van der Waals surface area contributed by atoms with Crippen LogP contribution in [0.3, 0.4) is 0 Å². The van der Waals surface area contributed by atoms with Gasteiger partial charge >= 0.3 is 5.97 Å². The highest BCUT2D eigenvalue weighted by atomic mass is 16.6. The quantitative estimate of drug-likeness (QED) is 0.708. The van der Waals surface area contributed by atoms with Crippen molar-refractivity contribution in [3.05, 3.63) is 71.0 Å². The molecule has 2 aromatic carbocycles. The number of hydrogen-bond donors (Lipinski definition) is 0. The van der Waals surface area contributed by atoms with Gasteiger partial charge in [-0.25, -0.2) is 4.79 Å². The van der Waals surface area contributed by atoms with Crippen molar-refractivity contribution < 1.29 is 19.0 Å². The van der Waals surface area contributed by atoms with Crippen LogP contribution < -0.4 is 9.47 Å². The van der Waals surface area contributed by atoms with E-state index < -0.39 is 0 Å². The third-order valence-corrected chi connectivity index (χ3v) is 7.53. The smallest absolute Gasteiger partial charge is 0.343 e. The zero-order valence-electron chi connectivity index (χ0n) is 16.5. The zero-order chi connectivity index (χ0) is 19.6. The molecule has 4 aliphatic rings. The highest BCUT2D eigenvalue weighted by Crippen LogP contribution is 2.65. The molecule has 1 spiro atoms. The summed E-state index contributed by atoms with van der Waals surface area (Å²) in [6.07, 6.45) is 7.45. The lowest BCUT2D eigenvalue weighted by Gasteiger charge is -2.53. The van der Waals surface area contributed by atoms with Gasteiger partial charge in [0.05, 0.1) is 12.7 Å². The van der Waals surface area contributed by atoms with E-state index in [0.717, 1.165) is 30.8 Å². The van der Waals surface area contributed by atoms with Crippen molar-refractivity contribution in [3.8, 4) is 11.5 Å². The van der Waals surface area contributed by atoms with Gasteiger partial charge in [-0.1, -0.05) is 30.7 Å². The highest BCUT2D eigenvalue weighted by Gasteiger charge is 2.63. The van der Waals surface area contributed by atoms with E-state index in [4.69, 9.17) is 14.2 Å². The number of ether oxygens (including phenoxy) is 3. The molecule has 0 N–H and O–H groups in total. The van der Waals surface area contributed by atoms with Crippen LogP contribution in [0.4, 0.5) is 0 Å². The van der Waals surface area contributed by atoms with Crippen molar-refractivity contribution in [2.75, 3.05) is 7.11 Å². The Hall–Kier alpha value is -2.75. The van der Waals surface area contributed by atoms with Crippen LogP contribution in [0.1, 0.15) is 47.2 Å². The van der Waals surface area contributed by atoms with Gasteiger partial charge in [0.15, 0.2) is 17.6 Å². The van der Waals surface area contributed by atoms with E-state index in [1.807, 2.05) is 24.3 Å². The normalized spacial score (nSPS) is 30.7. The number of esters is 1. The summed E-state index contributed by atoms with van der Waals surface area (Å²) in [7, 11) is 1.69. The van der Waals surface area contributed by atoms with Gasteiger partial charge in [0.25, 0.3) is 0 Å². The van der Waals surface area contributed by atoms with E-state index in [0.29, 0.717) is 23.2 Å². The Morgan fingerprint density at radius 1 is 1.17 bits per heavy atom. The molecule has 1 heterocycles. The Morgan fingerprint density at radius 3 is 2.86 bits per heavy atom. The first-order valence-electron chi connectivity index (χ1n) is 10.6. The van der Waals surface area contributed by atoms with E-state index in [1.165, 1.54) is 24.0 Å². The van der Waals surface area contributed by atoms with Crippen LogP contribution in [0.25, 0.3) is 0 Å². The fourth-order valence-corrected chi connectivity index (χ4v) is 6.44. The van der Waals surface area contributed by atoms with Crippen LogP contribution in [0, 0.1) is 11.8 Å². The molecule has 0 radical (unpaired) electrons. The molecule has 4 nitrogen and oxygen atoms in total. The van der Waals surface area contributed by atoms with Crippen LogP contribution >= 0.6 is 0 Å². The summed E-state index contributed by atoms with van der Waals surface area (Å²) in [5.41, 5.74) is 3.18. The largest absolute Gasteiger partial charge is 0.493 e. The van der Waals surface area contributed by atoms with Crippen molar-refractivity contribution >= 4 is 5.97 Å². The second kappa shape index (κ2) is 6.12. The van der Waals surface area contributed by atoms with Gasteiger partial charge in [-0.05, 0) is 67.4 Å². The van der Waals surface area contributed by atoms with Gasteiger partial charge in [-0.15, -0.1) is 0 Å². The van der Waals surface area contributed by atoms with Gasteiger partial charge in [0.1, 0.15) is 5.76 Å². The van der Waals surface area contributed by atoms with Crippen LogP contribution in [0.2, 0.25) is 0 Å². The van der Waals surface area contributed by atoms with Crippen molar-refractivity contribution in [2.24, 2.45) is 11.8 Å². The standard InChI is InChI=1S/C25H24O4/c1-27-19-11-9-17-14-16-8-5-13-25-18(16)10-12-20(23(25)29-22(19)21(17)25)28-24(26)15-6-3-2-4-7-15/h2-4,6-7,9,11-12,16,18,23H,5,8,10,13-14H2,1H3/t16-,18?,23+,25+/m1/s1. The Labute approximate surface area is 170 Å². The summed E-state index contributed by atoms with van der Waals surface area (Å²) < 4.78 is 18.2. The molecule has 6 rings (SSSR count). The van der Waals surface area contributed by atoms with Gasteiger partial charge in [-0.2, -0.15) is 0 Å². The SMILES string of the molecule is COc1ccc2c3c1O[C@H]1C(OC(=O)c4ccccc4)=CCC4[C@H](CCC[C@@]341)C2. The Balaban J connectivity index is 1.45. The topological polar surface area (TPSA) is 44.8 Å². The van der Waals surface area contributed by atoms with E-state index in [1.54, 1.807) is 19.2 Å². The Kier molecular flexibility index (Phi) is 3.62. The maximum atomic E-state index is 12.8. The number of methoxy groups -OCH3 is 1. The molecule has 4 atom stereocenters. The molecule has 0 aromatic heterocycles. The summed E-state index contributed by atoms with van der Waals surface area (Å²) in [6.45, 7) is 0. The van der Waals surface area contributed by atoms with E-state index in [9.17, 15) is 4.79 Å². The van der Waals surface area contributed by atoms with Crippen molar-refractivity contribution in [1.82, 2.24) is 0 Å². The maximum absolute atomic E-state index is 12.8. The third kappa shape index (κ3) is 2.23. The van der Waals surface area contributed by atoms with E-state index in [-0.39, 0.29) is 17.5 Å². The fraction of sp³-hybridized carbons (Fsp3) is 0.400. The molecule has 1 aliphatic heterocycles.